The highest BCUT2D eigenvalue weighted by atomic mass is 35.5. The number of aryl methyl sites for hydroxylation is 1. The highest BCUT2D eigenvalue weighted by Gasteiger charge is 2.23. The molecule has 1 nitrogen and oxygen atoms in total. The van der Waals surface area contributed by atoms with Crippen molar-refractivity contribution in [2.75, 3.05) is 0 Å². The molecule has 3 heteroatoms. The largest absolute Gasteiger partial charge is 0.388 e. The molecule has 0 heterocycles. The number of hydrogen-bond acceptors (Lipinski definition) is 1. The van der Waals surface area contributed by atoms with Gasteiger partial charge in [0.2, 0.25) is 0 Å². The van der Waals surface area contributed by atoms with E-state index in [1.807, 2.05) is 6.07 Å². The second-order valence-corrected chi connectivity index (χ2v) is 6.12. The van der Waals surface area contributed by atoms with E-state index in [9.17, 15) is 9.50 Å². The molecule has 0 amide bonds. The Kier molecular flexibility index (Phi) is 4.27. The quantitative estimate of drug-likeness (QED) is 0.844. The first-order valence-electron chi connectivity index (χ1n) is 7.36. The zero-order valence-electron chi connectivity index (χ0n) is 11.7. The van der Waals surface area contributed by atoms with E-state index in [4.69, 9.17) is 11.6 Å². The van der Waals surface area contributed by atoms with Gasteiger partial charge in [-0.05, 0) is 60.4 Å². The van der Waals surface area contributed by atoms with Crippen molar-refractivity contribution in [2.24, 2.45) is 0 Å². The zero-order valence-corrected chi connectivity index (χ0v) is 12.5. The number of aliphatic hydroxyl groups excluding tert-OH is 1. The molecule has 0 radical (unpaired) electrons. The molecule has 1 aliphatic rings. The summed E-state index contributed by atoms with van der Waals surface area (Å²) in [5.74, 6) is -0.138. The van der Waals surface area contributed by atoms with Crippen molar-refractivity contribution in [3.05, 3.63) is 70.0 Å². The number of fused-ring (bicyclic) bond motifs is 1. The van der Waals surface area contributed by atoms with Crippen LogP contribution in [0.4, 0.5) is 4.39 Å². The number of halogens is 2. The van der Waals surface area contributed by atoms with Crippen LogP contribution in [0.2, 0.25) is 5.02 Å². The zero-order chi connectivity index (χ0) is 14.8. The van der Waals surface area contributed by atoms with Crippen LogP contribution < -0.4 is 0 Å². The second-order valence-electron chi connectivity index (χ2n) is 5.71. The second kappa shape index (κ2) is 6.17. The van der Waals surface area contributed by atoms with Crippen LogP contribution >= 0.6 is 11.6 Å². The minimum Gasteiger partial charge on any atom is -0.388 e. The van der Waals surface area contributed by atoms with Crippen LogP contribution in [0.1, 0.15) is 48.0 Å². The summed E-state index contributed by atoms with van der Waals surface area (Å²) in [6, 6.07) is 13.0. The lowest BCUT2D eigenvalue weighted by Crippen LogP contribution is -2.13. The Balaban J connectivity index is 1.79. The highest BCUT2D eigenvalue weighted by molar-refractivity contribution is 6.30. The van der Waals surface area contributed by atoms with Crippen molar-refractivity contribution in [1.82, 2.24) is 0 Å². The average Bonchev–Trinajstić information content (AvgIpc) is 2.50. The van der Waals surface area contributed by atoms with Crippen molar-refractivity contribution in [1.29, 1.82) is 0 Å². The van der Waals surface area contributed by atoms with E-state index in [0.717, 1.165) is 19.3 Å². The van der Waals surface area contributed by atoms with Crippen molar-refractivity contribution in [3.63, 3.8) is 0 Å². The fourth-order valence-corrected chi connectivity index (χ4v) is 3.34. The molecule has 110 valence electrons. The summed E-state index contributed by atoms with van der Waals surface area (Å²) in [4.78, 5) is 0. The van der Waals surface area contributed by atoms with E-state index in [-0.39, 0.29) is 5.02 Å². The minimum absolute atomic E-state index is 0.0916. The molecule has 2 aromatic carbocycles. The van der Waals surface area contributed by atoms with E-state index in [1.54, 1.807) is 6.07 Å². The normalized spacial score (nSPS) is 19.1. The molecule has 21 heavy (non-hydrogen) atoms. The molecule has 0 fully saturated rings. The summed E-state index contributed by atoms with van der Waals surface area (Å²) in [7, 11) is 0. The lowest BCUT2D eigenvalue weighted by atomic mass is 9.79. The van der Waals surface area contributed by atoms with Gasteiger partial charge in [-0.3, -0.25) is 0 Å². The lowest BCUT2D eigenvalue weighted by Gasteiger charge is -2.27. The lowest BCUT2D eigenvalue weighted by molar-refractivity contribution is 0.153. The SMILES string of the molecule is OC(CC1CCCc2ccccc21)c1ccc(Cl)c(F)c1. The molecule has 0 saturated carbocycles. The summed E-state index contributed by atoms with van der Waals surface area (Å²) in [6.45, 7) is 0. The standard InChI is InChI=1S/C18H18ClFO/c19-16-9-8-14(10-17(16)20)18(21)11-13-6-3-5-12-4-1-2-7-15(12)13/h1-2,4,7-10,13,18,21H,3,5-6,11H2. The molecule has 1 N–H and O–H groups in total. The van der Waals surface area contributed by atoms with E-state index >= 15 is 0 Å². The molecule has 0 spiro atoms. The molecule has 1 aliphatic carbocycles. The van der Waals surface area contributed by atoms with Gasteiger partial charge in [-0.2, -0.15) is 0 Å². The minimum atomic E-state index is -0.659. The predicted molar refractivity (Wildman–Crippen MR) is 83.1 cm³/mol. The Hall–Kier alpha value is -1.38. The summed E-state index contributed by atoms with van der Waals surface area (Å²) in [5, 5.41) is 10.5. The third-order valence-electron chi connectivity index (χ3n) is 4.33. The van der Waals surface area contributed by atoms with Crippen LogP contribution in [0.3, 0.4) is 0 Å². The molecule has 2 atom stereocenters. The Morgan fingerprint density at radius 1 is 1.24 bits per heavy atom. The average molecular weight is 305 g/mol. The van der Waals surface area contributed by atoms with E-state index in [0.29, 0.717) is 17.9 Å². The Labute approximate surface area is 129 Å². The maximum Gasteiger partial charge on any atom is 0.142 e. The number of hydrogen-bond donors (Lipinski definition) is 1. The Morgan fingerprint density at radius 3 is 2.86 bits per heavy atom. The fraction of sp³-hybridized carbons (Fsp3) is 0.333. The maximum atomic E-state index is 13.5. The third-order valence-corrected chi connectivity index (χ3v) is 4.64. The summed E-state index contributed by atoms with van der Waals surface area (Å²) in [6.07, 6.45) is 3.29. The molecule has 0 aromatic heterocycles. The molecule has 2 aromatic rings. The van der Waals surface area contributed by atoms with E-state index < -0.39 is 11.9 Å². The van der Waals surface area contributed by atoms with Gasteiger partial charge in [0.25, 0.3) is 0 Å². The van der Waals surface area contributed by atoms with Gasteiger partial charge in [0.1, 0.15) is 5.82 Å². The van der Waals surface area contributed by atoms with Crippen molar-refractivity contribution in [2.45, 2.75) is 37.7 Å². The van der Waals surface area contributed by atoms with Crippen molar-refractivity contribution < 1.29 is 9.50 Å². The Morgan fingerprint density at radius 2 is 2.05 bits per heavy atom. The first kappa shape index (κ1) is 14.6. The van der Waals surface area contributed by atoms with Gasteiger partial charge in [-0.15, -0.1) is 0 Å². The summed E-state index contributed by atoms with van der Waals surface area (Å²) >= 11 is 5.69. The van der Waals surface area contributed by atoms with Gasteiger partial charge in [0.15, 0.2) is 0 Å². The van der Waals surface area contributed by atoms with Crippen LogP contribution in [0.15, 0.2) is 42.5 Å². The van der Waals surface area contributed by atoms with Crippen LogP contribution in [-0.4, -0.2) is 5.11 Å². The van der Waals surface area contributed by atoms with Crippen molar-refractivity contribution >= 4 is 11.6 Å². The molecule has 0 saturated heterocycles. The monoisotopic (exact) mass is 304 g/mol. The van der Waals surface area contributed by atoms with E-state index in [1.165, 1.54) is 23.3 Å². The van der Waals surface area contributed by atoms with Gasteiger partial charge >= 0.3 is 0 Å². The van der Waals surface area contributed by atoms with Crippen LogP contribution in [0, 0.1) is 5.82 Å². The number of benzene rings is 2. The number of aliphatic hydroxyl groups is 1. The number of rotatable bonds is 3. The molecule has 0 aliphatic heterocycles. The topological polar surface area (TPSA) is 20.2 Å². The van der Waals surface area contributed by atoms with Crippen LogP contribution in [0.25, 0.3) is 0 Å². The van der Waals surface area contributed by atoms with Gasteiger partial charge < -0.3 is 5.11 Å². The third kappa shape index (κ3) is 3.12. The molecule has 0 bridgehead atoms. The maximum absolute atomic E-state index is 13.5. The molecule has 3 rings (SSSR count). The summed E-state index contributed by atoms with van der Waals surface area (Å²) < 4.78 is 13.5. The molecular formula is C18H18ClFO. The first-order chi connectivity index (χ1) is 10.1. The van der Waals surface area contributed by atoms with Crippen LogP contribution in [-0.2, 0) is 6.42 Å². The van der Waals surface area contributed by atoms with Crippen LogP contribution in [0.5, 0.6) is 0 Å². The fourth-order valence-electron chi connectivity index (χ4n) is 3.22. The first-order valence-corrected chi connectivity index (χ1v) is 7.74. The van der Waals surface area contributed by atoms with Crippen molar-refractivity contribution in [3.8, 4) is 0 Å². The highest BCUT2D eigenvalue weighted by Crippen LogP contribution is 2.37. The van der Waals surface area contributed by atoms with E-state index in [2.05, 4.69) is 18.2 Å². The Bertz CT molecular complexity index is 641. The smallest absolute Gasteiger partial charge is 0.142 e. The molecular weight excluding hydrogens is 287 g/mol. The van der Waals surface area contributed by atoms with Gasteiger partial charge in [0.05, 0.1) is 11.1 Å². The summed E-state index contributed by atoms with van der Waals surface area (Å²) in [5.41, 5.74) is 3.31. The van der Waals surface area contributed by atoms with Gasteiger partial charge in [-0.1, -0.05) is 41.9 Å². The van der Waals surface area contributed by atoms with Gasteiger partial charge in [-0.25, -0.2) is 4.39 Å². The predicted octanol–water partition coefficient (Wildman–Crippen LogP) is 5.02. The van der Waals surface area contributed by atoms with Gasteiger partial charge in [0, 0.05) is 0 Å². The molecule has 2 unspecified atom stereocenters.